The zero-order chi connectivity index (χ0) is 22.8. The minimum absolute atomic E-state index is 0.150. The molecule has 0 amide bonds. The van der Waals surface area contributed by atoms with Crippen molar-refractivity contribution in [3.05, 3.63) is 81.3 Å². The number of nitrogens with zero attached hydrogens (tertiary/aromatic N) is 2. The van der Waals surface area contributed by atoms with Crippen molar-refractivity contribution in [2.75, 3.05) is 6.61 Å². The fourth-order valence-electron chi connectivity index (χ4n) is 3.48. The van der Waals surface area contributed by atoms with E-state index >= 15 is 0 Å². The lowest BCUT2D eigenvalue weighted by atomic mass is 10.1. The van der Waals surface area contributed by atoms with Crippen LogP contribution in [0.4, 0.5) is 0 Å². The lowest BCUT2D eigenvalue weighted by Gasteiger charge is -2.18. The molecule has 0 radical (unpaired) electrons. The first kappa shape index (κ1) is 22.6. The second-order valence-corrected chi connectivity index (χ2v) is 7.92. The zero-order valence-electron chi connectivity index (χ0n) is 16.6. The molecule has 1 aliphatic heterocycles. The van der Waals surface area contributed by atoms with E-state index in [2.05, 4.69) is 4.52 Å². The molecule has 4 unspecified atom stereocenters. The summed E-state index contributed by atoms with van der Waals surface area (Å²) in [6.07, 6.45) is -4.21. The van der Waals surface area contributed by atoms with Crippen molar-refractivity contribution in [3.63, 3.8) is 0 Å². The van der Waals surface area contributed by atoms with Crippen LogP contribution in [-0.4, -0.2) is 54.1 Å². The molecule has 4 rings (SSSR count). The van der Waals surface area contributed by atoms with Crippen LogP contribution in [0.25, 0.3) is 11.3 Å². The van der Waals surface area contributed by atoms with Crippen molar-refractivity contribution < 1.29 is 33.7 Å². The van der Waals surface area contributed by atoms with E-state index in [0.717, 1.165) is 27.0 Å². The molecule has 0 saturated carbocycles. The normalized spacial score (nSPS) is 23.2. The summed E-state index contributed by atoms with van der Waals surface area (Å²) in [6.45, 7) is -0.557. The van der Waals surface area contributed by atoms with Gasteiger partial charge in [-0.3, -0.25) is 13.9 Å². The van der Waals surface area contributed by atoms with Crippen LogP contribution in [-0.2, 0) is 15.8 Å². The van der Waals surface area contributed by atoms with Gasteiger partial charge in [-0.25, -0.2) is 4.79 Å². The summed E-state index contributed by atoms with van der Waals surface area (Å²) in [6, 6.07) is 13.9. The van der Waals surface area contributed by atoms with Crippen LogP contribution >= 0.6 is 8.60 Å². The van der Waals surface area contributed by atoms with Gasteiger partial charge in [-0.2, -0.15) is 0 Å². The number of aromatic nitrogens is 2. The summed E-state index contributed by atoms with van der Waals surface area (Å²) >= 11 is 0. The average Bonchev–Trinajstić information content (AvgIpc) is 3.36. The number of benzene rings is 1. The van der Waals surface area contributed by atoms with E-state index in [1.54, 1.807) is 12.1 Å². The molecule has 3 aromatic rings. The van der Waals surface area contributed by atoms with E-state index in [1.807, 2.05) is 30.3 Å². The third-order valence-electron chi connectivity index (χ3n) is 5.10. The average molecular weight is 464 g/mol. The Kier molecular flexibility index (Phi) is 6.68. The molecule has 0 aliphatic carbocycles. The molecule has 4 atom stereocenters. The quantitative estimate of drug-likeness (QED) is 0.358. The van der Waals surface area contributed by atoms with Crippen LogP contribution in [0.5, 0.6) is 0 Å². The van der Waals surface area contributed by atoms with E-state index in [0.29, 0.717) is 11.5 Å². The van der Waals surface area contributed by atoms with Crippen molar-refractivity contribution in [2.24, 2.45) is 0 Å². The van der Waals surface area contributed by atoms with Gasteiger partial charge < -0.3 is 33.7 Å². The lowest BCUT2D eigenvalue weighted by Crippen LogP contribution is -2.43. The molecule has 3 heterocycles. The van der Waals surface area contributed by atoms with E-state index in [9.17, 15) is 19.8 Å². The van der Waals surface area contributed by atoms with Gasteiger partial charge >= 0.3 is 14.3 Å². The minimum atomic E-state index is -2.67. The number of ether oxygens (including phenoxy) is 1. The van der Waals surface area contributed by atoms with E-state index in [-0.39, 0.29) is 6.54 Å². The molecule has 1 fully saturated rings. The molecule has 1 aromatic carbocycles. The van der Waals surface area contributed by atoms with Gasteiger partial charge in [0.2, 0.25) is 0 Å². The summed E-state index contributed by atoms with van der Waals surface area (Å²) in [5, 5.41) is 20.5. The Bertz CT molecular complexity index is 1170. The summed E-state index contributed by atoms with van der Waals surface area (Å²) in [7, 11) is -2.67. The highest BCUT2D eigenvalue weighted by Gasteiger charge is 2.44. The van der Waals surface area contributed by atoms with E-state index < -0.39 is 51.0 Å². The van der Waals surface area contributed by atoms with Gasteiger partial charge in [0.1, 0.15) is 29.8 Å². The topological polar surface area (TPSA) is 157 Å². The summed E-state index contributed by atoms with van der Waals surface area (Å²) in [5.41, 5.74) is -0.515. The fourth-order valence-corrected chi connectivity index (χ4v) is 3.76. The number of hydrogen-bond donors (Lipinski definition) is 4. The second kappa shape index (κ2) is 9.47. The third-order valence-corrected chi connectivity index (χ3v) is 5.48. The van der Waals surface area contributed by atoms with Crippen LogP contribution in [0, 0.1) is 0 Å². The van der Waals surface area contributed by atoms with Gasteiger partial charge in [0.15, 0.2) is 6.23 Å². The molecular formula is C20H21N2O9P. The van der Waals surface area contributed by atoms with Gasteiger partial charge in [0.05, 0.1) is 13.2 Å². The Balaban J connectivity index is 1.58. The molecule has 0 bridgehead atoms. The maximum absolute atomic E-state index is 13.0. The first-order chi connectivity index (χ1) is 15.3. The Hall–Kier alpha value is -2.63. The van der Waals surface area contributed by atoms with Crippen molar-refractivity contribution in [1.82, 2.24) is 9.13 Å². The lowest BCUT2D eigenvalue weighted by molar-refractivity contribution is -0.0531. The fraction of sp³-hybridized carbons (Fsp3) is 0.300. The Morgan fingerprint density at radius 1 is 1.00 bits per heavy atom. The molecular weight excluding hydrogens is 443 g/mol. The van der Waals surface area contributed by atoms with Crippen molar-refractivity contribution in [3.8, 4) is 11.3 Å². The van der Waals surface area contributed by atoms with Gasteiger partial charge in [0.25, 0.3) is 5.56 Å². The number of aliphatic hydroxyl groups excluding tert-OH is 2. The van der Waals surface area contributed by atoms with Crippen LogP contribution in [0.2, 0.25) is 0 Å². The van der Waals surface area contributed by atoms with Gasteiger partial charge in [0, 0.05) is 17.8 Å². The molecule has 11 nitrogen and oxygen atoms in total. The smallest absolute Gasteiger partial charge is 0.333 e. The van der Waals surface area contributed by atoms with E-state index in [4.69, 9.17) is 18.9 Å². The van der Waals surface area contributed by atoms with Gasteiger partial charge in [-0.15, -0.1) is 0 Å². The molecule has 12 heteroatoms. The minimum Gasteiger partial charge on any atom is -0.459 e. The van der Waals surface area contributed by atoms with E-state index in [1.165, 1.54) is 0 Å². The number of furan rings is 1. The largest absolute Gasteiger partial charge is 0.459 e. The molecule has 0 spiro atoms. The SMILES string of the molecule is O=c1ccn(C2OC(COP(O)O)C(O)C2O)c(=O)n1Cc1ccc(-c2ccccc2)o1. The number of rotatable bonds is 7. The molecule has 32 heavy (non-hydrogen) atoms. The highest BCUT2D eigenvalue weighted by Crippen LogP contribution is 2.32. The maximum Gasteiger partial charge on any atom is 0.333 e. The summed E-state index contributed by atoms with van der Waals surface area (Å²) in [5.74, 6) is 0.956. The summed E-state index contributed by atoms with van der Waals surface area (Å²) < 4.78 is 17.8. The van der Waals surface area contributed by atoms with Crippen LogP contribution < -0.4 is 11.2 Å². The predicted molar refractivity (Wildman–Crippen MR) is 111 cm³/mol. The Morgan fingerprint density at radius 2 is 1.75 bits per heavy atom. The van der Waals surface area contributed by atoms with Crippen LogP contribution in [0.15, 0.2) is 68.7 Å². The Morgan fingerprint density at radius 3 is 2.47 bits per heavy atom. The number of hydrogen-bond acceptors (Lipinski definition) is 9. The first-order valence-electron chi connectivity index (χ1n) is 9.63. The molecule has 2 aromatic heterocycles. The molecule has 1 aliphatic rings. The maximum atomic E-state index is 13.0. The monoisotopic (exact) mass is 464 g/mol. The Labute approximate surface area is 182 Å². The standard InChI is InChI=1S/C20H21N2O9P/c23-16-8-9-21(19-18(25)17(24)15(31-19)11-29-32(27)28)20(26)22(16)10-13-6-7-14(30-13)12-4-2-1-3-5-12/h1-9,15,17-19,24-25,27-28H,10-11H2. The molecule has 1 saturated heterocycles. The highest BCUT2D eigenvalue weighted by molar-refractivity contribution is 7.39. The highest BCUT2D eigenvalue weighted by atomic mass is 31.2. The van der Waals surface area contributed by atoms with Gasteiger partial charge in [-0.05, 0) is 12.1 Å². The van der Waals surface area contributed by atoms with Crippen LogP contribution in [0.1, 0.15) is 12.0 Å². The van der Waals surface area contributed by atoms with Crippen molar-refractivity contribution >= 4 is 8.60 Å². The van der Waals surface area contributed by atoms with Gasteiger partial charge in [-0.1, -0.05) is 30.3 Å². The molecule has 4 N–H and O–H groups in total. The molecule has 170 valence electrons. The van der Waals surface area contributed by atoms with Crippen molar-refractivity contribution in [1.29, 1.82) is 0 Å². The second-order valence-electron chi connectivity index (χ2n) is 7.16. The summed E-state index contributed by atoms with van der Waals surface area (Å²) in [4.78, 5) is 43.1. The zero-order valence-corrected chi connectivity index (χ0v) is 17.5. The number of aliphatic hydroxyl groups is 2. The predicted octanol–water partition coefficient (Wildman–Crippen LogP) is 0.166. The third kappa shape index (κ3) is 4.59. The van der Waals surface area contributed by atoms with Crippen molar-refractivity contribution in [2.45, 2.75) is 31.1 Å². The first-order valence-corrected chi connectivity index (χ1v) is 10.8. The van der Waals surface area contributed by atoms with Crippen LogP contribution in [0.3, 0.4) is 0 Å².